The van der Waals surface area contributed by atoms with Crippen molar-refractivity contribution < 1.29 is 4.74 Å². The number of nitrogens with zero attached hydrogens (tertiary/aromatic N) is 1. The van der Waals surface area contributed by atoms with Gasteiger partial charge in [0.25, 0.3) is 0 Å². The Bertz CT molecular complexity index is 284. The van der Waals surface area contributed by atoms with Crippen LogP contribution in [0.3, 0.4) is 0 Å². The Balaban J connectivity index is 2.10. The van der Waals surface area contributed by atoms with Crippen molar-refractivity contribution in [2.24, 2.45) is 0 Å². The van der Waals surface area contributed by atoms with Gasteiger partial charge in [0.15, 0.2) is 11.6 Å². The van der Waals surface area contributed by atoms with Gasteiger partial charge in [-0.2, -0.15) is 0 Å². The SMILES string of the molecule is CCOc1cccnc1NC1CC1. The highest BCUT2D eigenvalue weighted by atomic mass is 16.5. The minimum absolute atomic E-state index is 0.620. The van der Waals surface area contributed by atoms with Crippen LogP contribution in [-0.2, 0) is 0 Å². The number of rotatable bonds is 4. The molecule has 1 fully saturated rings. The molecule has 0 atom stereocenters. The molecular formula is C10H14N2O. The number of pyridine rings is 1. The third-order valence-corrected chi connectivity index (χ3v) is 1.99. The summed E-state index contributed by atoms with van der Waals surface area (Å²) in [6.07, 6.45) is 4.29. The van der Waals surface area contributed by atoms with E-state index in [9.17, 15) is 0 Å². The third kappa shape index (κ3) is 2.11. The molecule has 0 spiro atoms. The first-order valence-electron chi connectivity index (χ1n) is 4.74. The smallest absolute Gasteiger partial charge is 0.168 e. The maximum absolute atomic E-state index is 5.44. The molecule has 0 amide bonds. The third-order valence-electron chi connectivity index (χ3n) is 1.99. The fourth-order valence-electron chi connectivity index (χ4n) is 1.19. The van der Waals surface area contributed by atoms with Gasteiger partial charge in [-0.25, -0.2) is 4.98 Å². The molecule has 13 heavy (non-hydrogen) atoms. The summed E-state index contributed by atoms with van der Waals surface area (Å²) in [5.74, 6) is 1.74. The maximum atomic E-state index is 5.44. The highest BCUT2D eigenvalue weighted by Crippen LogP contribution is 2.28. The lowest BCUT2D eigenvalue weighted by Gasteiger charge is -2.09. The molecule has 0 saturated heterocycles. The normalized spacial score (nSPS) is 15.5. The molecule has 1 aromatic rings. The Labute approximate surface area is 78.1 Å². The van der Waals surface area contributed by atoms with Crippen LogP contribution >= 0.6 is 0 Å². The maximum Gasteiger partial charge on any atom is 0.168 e. The van der Waals surface area contributed by atoms with Crippen molar-refractivity contribution in [3.05, 3.63) is 18.3 Å². The second kappa shape index (κ2) is 3.64. The van der Waals surface area contributed by atoms with Gasteiger partial charge in [0.1, 0.15) is 0 Å². The van der Waals surface area contributed by atoms with Gasteiger partial charge >= 0.3 is 0 Å². The molecule has 0 radical (unpaired) electrons. The van der Waals surface area contributed by atoms with E-state index in [1.165, 1.54) is 12.8 Å². The van der Waals surface area contributed by atoms with Crippen LogP contribution in [0.2, 0.25) is 0 Å². The number of hydrogen-bond acceptors (Lipinski definition) is 3. The first-order valence-corrected chi connectivity index (χ1v) is 4.74. The lowest BCUT2D eigenvalue weighted by Crippen LogP contribution is -2.05. The van der Waals surface area contributed by atoms with Crippen LogP contribution in [0, 0.1) is 0 Å². The van der Waals surface area contributed by atoms with Crippen molar-refractivity contribution in [2.75, 3.05) is 11.9 Å². The summed E-state index contributed by atoms with van der Waals surface area (Å²) < 4.78 is 5.44. The molecule has 3 nitrogen and oxygen atoms in total. The van der Waals surface area contributed by atoms with E-state index in [0.29, 0.717) is 12.6 Å². The fraction of sp³-hybridized carbons (Fsp3) is 0.500. The van der Waals surface area contributed by atoms with E-state index in [0.717, 1.165) is 11.6 Å². The second-order valence-electron chi connectivity index (χ2n) is 3.20. The van der Waals surface area contributed by atoms with Crippen molar-refractivity contribution in [3.8, 4) is 5.75 Å². The van der Waals surface area contributed by atoms with Crippen LogP contribution in [-0.4, -0.2) is 17.6 Å². The molecule has 1 heterocycles. The van der Waals surface area contributed by atoms with E-state index in [-0.39, 0.29) is 0 Å². The highest BCUT2D eigenvalue weighted by Gasteiger charge is 2.22. The zero-order valence-corrected chi connectivity index (χ0v) is 7.79. The topological polar surface area (TPSA) is 34.1 Å². The molecule has 0 unspecified atom stereocenters. The molecule has 2 rings (SSSR count). The molecule has 1 aliphatic carbocycles. The molecule has 1 aromatic heterocycles. The van der Waals surface area contributed by atoms with E-state index in [4.69, 9.17) is 4.74 Å². The summed E-state index contributed by atoms with van der Waals surface area (Å²) >= 11 is 0. The Morgan fingerprint density at radius 3 is 3.15 bits per heavy atom. The second-order valence-corrected chi connectivity index (χ2v) is 3.20. The van der Waals surface area contributed by atoms with Gasteiger partial charge < -0.3 is 10.1 Å². The number of ether oxygens (including phenoxy) is 1. The molecule has 70 valence electrons. The summed E-state index contributed by atoms with van der Waals surface area (Å²) in [6.45, 7) is 2.67. The van der Waals surface area contributed by atoms with Gasteiger partial charge in [-0.15, -0.1) is 0 Å². The number of aromatic nitrogens is 1. The zero-order valence-electron chi connectivity index (χ0n) is 7.79. The predicted molar refractivity (Wildman–Crippen MR) is 52.1 cm³/mol. The number of anilines is 1. The molecule has 0 aromatic carbocycles. The number of hydrogen-bond donors (Lipinski definition) is 1. The van der Waals surface area contributed by atoms with Crippen molar-refractivity contribution >= 4 is 5.82 Å². The minimum atomic E-state index is 0.620. The van der Waals surface area contributed by atoms with Crippen molar-refractivity contribution in [1.82, 2.24) is 4.98 Å². The van der Waals surface area contributed by atoms with Gasteiger partial charge in [-0.05, 0) is 31.9 Å². The highest BCUT2D eigenvalue weighted by molar-refractivity contribution is 5.50. The largest absolute Gasteiger partial charge is 0.490 e. The summed E-state index contributed by atoms with van der Waals surface area (Å²) in [6, 6.07) is 4.46. The fourth-order valence-corrected chi connectivity index (χ4v) is 1.19. The predicted octanol–water partition coefficient (Wildman–Crippen LogP) is 2.05. The summed E-state index contributed by atoms with van der Waals surface area (Å²) in [4.78, 5) is 4.24. The summed E-state index contributed by atoms with van der Waals surface area (Å²) in [5.41, 5.74) is 0. The molecular weight excluding hydrogens is 164 g/mol. The van der Waals surface area contributed by atoms with Crippen LogP contribution in [0.25, 0.3) is 0 Å². The standard InChI is InChI=1S/C10H14N2O/c1-2-13-9-4-3-7-11-10(9)12-8-5-6-8/h3-4,7-8H,2,5-6H2,1H3,(H,11,12). The molecule has 3 heteroatoms. The van der Waals surface area contributed by atoms with E-state index in [2.05, 4.69) is 10.3 Å². The summed E-state index contributed by atoms with van der Waals surface area (Å²) in [5, 5.41) is 3.33. The van der Waals surface area contributed by atoms with E-state index >= 15 is 0 Å². The van der Waals surface area contributed by atoms with Crippen molar-refractivity contribution in [2.45, 2.75) is 25.8 Å². The average Bonchev–Trinajstić information content (AvgIpc) is 2.93. The Morgan fingerprint density at radius 2 is 2.46 bits per heavy atom. The quantitative estimate of drug-likeness (QED) is 0.766. The monoisotopic (exact) mass is 178 g/mol. The molecule has 0 aliphatic heterocycles. The molecule has 1 saturated carbocycles. The van der Waals surface area contributed by atoms with Gasteiger partial charge in [0.05, 0.1) is 6.61 Å². The Morgan fingerprint density at radius 1 is 1.62 bits per heavy atom. The first kappa shape index (κ1) is 8.35. The van der Waals surface area contributed by atoms with E-state index in [1.807, 2.05) is 19.1 Å². The van der Waals surface area contributed by atoms with Gasteiger partial charge in [-0.3, -0.25) is 0 Å². The van der Waals surface area contributed by atoms with Crippen LogP contribution in [0.15, 0.2) is 18.3 Å². The van der Waals surface area contributed by atoms with Crippen LogP contribution < -0.4 is 10.1 Å². The van der Waals surface area contributed by atoms with Gasteiger partial charge in [0.2, 0.25) is 0 Å². The molecule has 0 bridgehead atoms. The zero-order chi connectivity index (χ0) is 9.10. The van der Waals surface area contributed by atoms with Crippen LogP contribution in [0.1, 0.15) is 19.8 Å². The lowest BCUT2D eigenvalue weighted by atomic mass is 10.4. The Kier molecular flexibility index (Phi) is 2.34. The van der Waals surface area contributed by atoms with Crippen LogP contribution in [0.5, 0.6) is 5.75 Å². The van der Waals surface area contributed by atoms with E-state index in [1.54, 1.807) is 6.20 Å². The van der Waals surface area contributed by atoms with Crippen molar-refractivity contribution in [1.29, 1.82) is 0 Å². The lowest BCUT2D eigenvalue weighted by molar-refractivity contribution is 0.340. The minimum Gasteiger partial charge on any atom is -0.490 e. The van der Waals surface area contributed by atoms with Gasteiger partial charge in [-0.1, -0.05) is 0 Å². The van der Waals surface area contributed by atoms with E-state index < -0.39 is 0 Å². The Hall–Kier alpha value is -1.25. The molecule has 1 aliphatic rings. The number of nitrogens with one attached hydrogen (secondary N) is 1. The summed E-state index contributed by atoms with van der Waals surface area (Å²) in [7, 11) is 0. The molecule has 1 N–H and O–H groups in total. The first-order chi connectivity index (χ1) is 6.40. The van der Waals surface area contributed by atoms with Crippen LogP contribution in [0.4, 0.5) is 5.82 Å². The van der Waals surface area contributed by atoms with Gasteiger partial charge in [0, 0.05) is 12.2 Å². The van der Waals surface area contributed by atoms with Crippen molar-refractivity contribution in [3.63, 3.8) is 0 Å². The average molecular weight is 178 g/mol.